The van der Waals surface area contributed by atoms with Gasteiger partial charge in [0, 0.05) is 36.7 Å². The van der Waals surface area contributed by atoms with E-state index in [1.54, 1.807) is 0 Å². The molecular formula is C15H21ClN2. The van der Waals surface area contributed by atoms with E-state index in [4.69, 9.17) is 11.6 Å². The summed E-state index contributed by atoms with van der Waals surface area (Å²) in [5.41, 5.74) is 1.79. The van der Waals surface area contributed by atoms with Gasteiger partial charge in [-0.3, -0.25) is 4.90 Å². The van der Waals surface area contributed by atoms with E-state index in [2.05, 4.69) is 22.3 Å². The summed E-state index contributed by atoms with van der Waals surface area (Å²) in [5, 5.41) is 4.58. The van der Waals surface area contributed by atoms with Crippen molar-refractivity contribution < 1.29 is 0 Å². The van der Waals surface area contributed by atoms with E-state index in [1.807, 2.05) is 12.1 Å². The molecule has 1 saturated carbocycles. The minimum atomic E-state index is 0.421. The van der Waals surface area contributed by atoms with Crippen molar-refractivity contribution in [2.24, 2.45) is 0 Å². The van der Waals surface area contributed by atoms with Crippen LogP contribution in [-0.2, 0) is 6.54 Å². The Hall–Kier alpha value is -0.570. The van der Waals surface area contributed by atoms with Gasteiger partial charge in [0.15, 0.2) is 0 Å². The van der Waals surface area contributed by atoms with E-state index < -0.39 is 0 Å². The topological polar surface area (TPSA) is 15.3 Å². The standard InChI is InChI=1S/C15H21ClN2/c16-14-5-3-13(4-6-14)11-18-10-9-17-15(12-18)7-1-2-8-15/h3-6,17H,1-2,7-12H2. The molecule has 3 heteroatoms. The quantitative estimate of drug-likeness (QED) is 0.883. The summed E-state index contributed by atoms with van der Waals surface area (Å²) in [5.74, 6) is 0. The van der Waals surface area contributed by atoms with Crippen molar-refractivity contribution in [3.63, 3.8) is 0 Å². The van der Waals surface area contributed by atoms with Crippen LogP contribution in [-0.4, -0.2) is 30.1 Å². The second kappa shape index (κ2) is 5.20. The van der Waals surface area contributed by atoms with Gasteiger partial charge in [-0.25, -0.2) is 0 Å². The molecular weight excluding hydrogens is 244 g/mol. The van der Waals surface area contributed by atoms with Crippen LogP contribution < -0.4 is 5.32 Å². The van der Waals surface area contributed by atoms with Gasteiger partial charge in [-0.05, 0) is 30.5 Å². The van der Waals surface area contributed by atoms with Gasteiger partial charge in [0.25, 0.3) is 0 Å². The maximum Gasteiger partial charge on any atom is 0.0406 e. The number of nitrogens with zero attached hydrogens (tertiary/aromatic N) is 1. The molecule has 1 spiro atoms. The lowest BCUT2D eigenvalue weighted by Crippen LogP contribution is -2.58. The van der Waals surface area contributed by atoms with E-state index in [9.17, 15) is 0 Å². The largest absolute Gasteiger partial charge is 0.309 e. The van der Waals surface area contributed by atoms with Crippen molar-refractivity contribution >= 4 is 11.6 Å². The molecule has 2 aliphatic rings. The second-order valence-corrected chi connectivity index (χ2v) is 6.19. The molecule has 0 radical (unpaired) electrons. The Balaban J connectivity index is 1.64. The highest BCUT2D eigenvalue weighted by Crippen LogP contribution is 2.32. The molecule has 98 valence electrons. The van der Waals surface area contributed by atoms with Crippen LogP contribution in [0.15, 0.2) is 24.3 Å². The van der Waals surface area contributed by atoms with E-state index in [0.29, 0.717) is 5.54 Å². The number of benzene rings is 1. The van der Waals surface area contributed by atoms with Crippen molar-refractivity contribution in [3.05, 3.63) is 34.9 Å². The molecule has 2 fully saturated rings. The lowest BCUT2D eigenvalue weighted by molar-refractivity contribution is 0.129. The molecule has 2 nitrogen and oxygen atoms in total. The van der Waals surface area contributed by atoms with Crippen LogP contribution in [0.4, 0.5) is 0 Å². The smallest absolute Gasteiger partial charge is 0.0406 e. The zero-order chi connectivity index (χ0) is 12.4. The first-order valence-corrected chi connectivity index (χ1v) is 7.35. The molecule has 18 heavy (non-hydrogen) atoms. The van der Waals surface area contributed by atoms with Crippen molar-refractivity contribution in [2.45, 2.75) is 37.8 Å². The van der Waals surface area contributed by atoms with Crippen LogP contribution >= 0.6 is 11.6 Å². The number of piperazine rings is 1. The highest BCUT2D eigenvalue weighted by Gasteiger charge is 2.37. The highest BCUT2D eigenvalue weighted by atomic mass is 35.5. The molecule has 0 unspecified atom stereocenters. The van der Waals surface area contributed by atoms with Gasteiger partial charge in [-0.2, -0.15) is 0 Å². The molecule has 1 aliphatic carbocycles. The Kier molecular flexibility index (Phi) is 3.60. The van der Waals surface area contributed by atoms with Gasteiger partial charge >= 0.3 is 0 Å². The summed E-state index contributed by atoms with van der Waals surface area (Å²) in [7, 11) is 0. The molecule has 0 bridgehead atoms. The Labute approximate surface area is 114 Å². The van der Waals surface area contributed by atoms with Gasteiger partial charge in [-0.1, -0.05) is 36.6 Å². The average Bonchev–Trinajstić information content (AvgIpc) is 2.80. The molecule has 1 saturated heterocycles. The second-order valence-electron chi connectivity index (χ2n) is 5.75. The molecule has 0 atom stereocenters. The van der Waals surface area contributed by atoms with Crippen molar-refractivity contribution in [2.75, 3.05) is 19.6 Å². The van der Waals surface area contributed by atoms with Crippen molar-refractivity contribution in [3.8, 4) is 0 Å². The maximum atomic E-state index is 5.93. The van der Waals surface area contributed by atoms with Crippen molar-refractivity contribution in [1.82, 2.24) is 10.2 Å². The van der Waals surface area contributed by atoms with Crippen LogP contribution in [0.2, 0.25) is 5.02 Å². The van der Waals surface area contributed by atoms with Gasteiger partial charge in [0.1, 0.15) is 0 Å². The van der Waals surface area contributed by atoms with Gasteiger partial charge in [-0.15, -0.1) is 0 Å². The Morgan fingerprint density at radius 1 is 1.17 bits per heavy atom. The fourth-order valence-electron chi connectivity index (χ4n) is 3.41. The molecule has 0 aromatic heterocycles. The van der Waals surface area contributed by atoms with Crippen LogP contribution in [0.3, 0.4) is 0 Å². The number of nitrogens with one attached hydrogen (secondary N) is 1. The third-order valence-corrected chi connectivity index (χ3v) is 4.59. The number of halogens is 1. The molecule has 1 aromatic carbocycles. The summed E-state index contributed by atoms with van der Waals surface area (Å²) in [4.78, 5) is 2.59. The first-order chi connectivity index (χ1) is 8.76. The molecule has 1 aliphatic heterocycles. The van der Waals surface area contributed by atoms with Crippen LogP contribution in [0, 0.1) is 0 Å². The van der Waals surface area contributed by atoms with Gasteiger partial charge in [0.2, 0.25) is 0 Å². The zero-order valence-corrected chi connectivity index (χ0v) is 11.5. The molecule has 1 heterocycles. The first kappa shape index (κ1) is 12.5. The third-order valence-electron chi connectivity index (χ3n) is 4.33. The highest BCUT2D eigenvalue weighted by molar-refractivity contribution is 6.30. The lowest BCUT2D eigenvalue weighted by atomic mass is 9.94. The average molecular weight is 265 g/mol. The summed E-state index contributed by atoms with van der Waals surface area (Å²) in [6.45, 7) is 4.55. The number of rotatable bonds is 2. The minimum Gasteiger partial charge on any atom is -0.309 e. The Morgan fingerprint density at radius 2 is 1.89 bits per heavy atom. The monoisotopic (exact) mass is 264 g/mol. The van der Waals surface area contributed by atoms with E-state index in [1.165, 1.54) is 37.8 Å². The minimum absolute atomic E-state index is 0.421. The molecule has 1 aromatic rings. The van der Waals surface area contributed by atoms with Crippen LogP contribution in [0.5, 0.6) is 0 Å². The predicted octanol–water partition coefficient (Wildman–Crippen LogP) is 3.06. The lowest BCUT2D eigenvalue weighted by Gasteiger charge is -2.41. The summed E-state index contributed by atoms with van der Waals surface area (Å²) >= 11 is 5.93. The first-order valence-electron chi connectivity index (χ1n) is 6.98. The normalized spacial score (nSPS) is 23.6. The zero-order valence-electron chi connectivity index (χ0n) is 10.8. The van der Waals surface area contributed by atoms with Crippen LogP contribution in [0.25, 0.3) is 0 Å². The fourth-order valence-corrected chi connectivity index (χ4v) is 3.54. The summed E-state index contributed by atoms with van der Waals surface area (Å²) < 4.78 is 0. The Bertz CT molecular complexity index is 395. The maximum absolute atomic E-state index is 5.93. The summed E-state index contributed by atoms with van der Waals surface area (Å²) in [6.07, 6.45) is 5.48. The van der Waals surface area contributed by atoms with Crippen LogP contribution in [0.1, 0.15) is 31.2 Å². The molecule has 0 amide bonds. The van der Waals surface area contributed by atoms with E-state index in [-0.39, 0.29) is 0 Å². The Morgan fingerprint density at radius 3 is 2.61 bits per heavy atom. The van der Waals surface area contributed by atoms with E-state index in [0.717, 1.165) is 24.7 Å². The number of hydrogen-bond acceptors (Lipinski definition) is 2. The number of hydrogen-bond donors (Lipinski definition) is 1. The van der Waals surface area contributed by atoms with Gasteiger partial charge in [0.05, 0.1) is 0 Å². The fraction of sp³-hybridized carbons (Fsp3) is 0.600. The molecule has 1 N–H and O–H groups in total. The van der Waals surface area contributed by atoms with Crippen molar-refractivity contribution in [1.29, 1.82) is 0 Å². The molecule has 3 rings (SSSR count). The SMILES string of the molecule is Clc1ccc(CN2CCNC3(CCCC3)C2)cc1. The summed E-state index contributed by atoms with van der Waals surface area (Å²) in [6, 6.07) is 8.27. The predicted molar refractivity (Wildman–Crippen MR) is 75.9 cm³/mol. The third kappa shape index (κ3) is 2.71. The van der Waals surface area contributed by atoms with Gasteiger partial charge < -0.3 is 5.32 Å². The van der Waals surface area contributed by atoms with E-state index >= 15 is 0 Å².